The van der Waals surface area contributed by atoms with Gasteiger partial charge in [0, 0.05) is 16.3 Å². The summed E-state index contributed by atoms with van der Waals surface area (Å²) in [4.78, 5) is 22.1. The molecule has 132 valence electrons. The highest BCUT2D eigenvalue weighted by Crippen LogP contribution is 2.33. The molecule has 1 aromatic carbocycles. The molecule has 1 aliphatic rings. The van der Waals surface area contributed by atoms with Crippen LogP contribution in [-0.4, -0.2) is 22.7 Å². The summed E-state index contributed by atoms with van der Waals surface area (Å²) in [7, 11) is 0. The highest BCUT2D eigenvalue weighted by atomic mass is 32.2. The van der Waals surface area contributed by atoms with Crippen LogP contribution in [0.4, 0.5) is 5.13 Å². The fraction of sp³-hybridized carbons (Fsp3) is 0.400. The number of amides is 1. The monoisotopic (exact) mass is 372 g/mol. The maximum Gasteiger partial charge on any atom is 0.242 e. The summed E-state index contributed by atoms with van der Waals surface area (Å²) in [5.41, 5.74) is 2.41. The molecule has 2 aromatic rings. The number of nitrogens with zero attached hydrogens (tertiary/aromatic N) is 2. The van der Waals surface area contributed by atoms with Crippen LogP contribution >= 0.6 is 23.1 Å². The van der Waals surface area contributed by atoms with Gasteiger partial charge in [0.15, 0.2) is 5.13 Å². The van der Waals surface area contributed by atoms with Crippen LogP contribution in [0.3, 0.4) is 0 Å². The second-order valence-corrected chi connectivity index (χ2v) is 8.86. The fourth-order valence-electron chi connectivity index (χ4n) is 2.94. The number of fused-ring (bicyclic) bond motifs is 1. The quantitative estimate of drug-likeness (QED) is 0.527. The molecule has 0 saturated heterocycles. The minimum atomic E-state index is -0.163. The van der Waals surface area contributed by atoms with Crippen LogP contribution in [0.15, 0.2) is 41.8 Å². The maximum atomic E-state index is 13.0. The number of thioether (sulfide) groups is 1. The molecule has 5 heteroatoms. The number of hydrogen-bond donors (Lipinski definition) is 0. The Morgan fingerprint density at radius 2 is 2.08 bits per heavy atom. The number of aromatic nitrogens is 1. The Morgan fingerprint density at radius 1 is 1.36 bits per heavy atom. The van der Waals surface area contributed by atoms with Gasteiger partial charge in [-0.15, -0.1) is 29.7 Å². The van der Waals surface area contributed by atoms with E-state index in [0.717, 1.165) is 22.9 Å². The van der Waals surface area contributed by atoms with Crippen LogP contribution < -0.4 is 4.90 Å². The molecule has 25 heavy (non-hydrogen) atoms. The number of hydrogen-bond acceptors (Lipinski definition) is 4. The number of carbonyl (C=O) groups is 1. The lowest BCUT2D eigenvalue weighted by Crippen LogP contribution is -2.36. The first-order valence-electron chi connectivity index (χ1n) is 8.72. The van der Waals surface area contributed by atoms with Gasteiger partial charge in [0.1, 0.15) is 0 Å². The molecular weight excluding hydrogens is 348 g/mol. The Bertz CT molecular complexity index is 728. The van der Waals surface area contributed by atoms with Crippen LogP contribution in [0.25, 0.3) is 0 Å². The summed E-state index contributed by atoms with van der Waals surface area (Å²) in [6.07, 6.45) is 6.34. The van der Waals surface area contributed by atoms with Crippen molar-refractivity contribution in [3.8, 4) is 0 Å². The van der Waals surface area contributed by atoms with Gasteiger partial charge in [-0.3, -0.25) is 9.69 Å². The first-order valence-corrected chi connectivity index (χ1v) is 10.4. The maximum absolute atomic E-state index is 13.0. The van der Waals surface area contributed by atoms with E-state index >= 15 is 0 Å². The van der Waals surface area contributed by atoms with Gasteiger partial charge in [-0.1, -0.05) is 23.8 Å². The third-order valence-corrected chi connectivity index (χ3v) is 6.60. The number of rotatable bonds is 6. The molecule has 0 fully saturated rings. The molecule has 3 rings (SSSR count). The second-order valence-electron chi connectivity index (χ2n) is 6.38. The van der Waals surface area contributed by atoms with E-state index in [0.29, 0.717) is 6.54 Å². The van der Waals surface area contributed by atoms with E-state index in [1.54, 1.807) is 34.1 Å². The zero-order valence-electron chi connectivity index (χ0n) is 14.8. The second kappa shape index (κ2) is 8.19. The average molecular weight is 373 g/mol. The zero-order valence-corrected chi connectivity index (χ0v) is 16.5. The molecular formula is C20H24N2OS2. The van der Waals surface area contributed by atoms with Crippen molar-refractivity contribution in [1.29, 1.82) is 0 Å². The first kappa shape index (κ1) is 18.2. The van der Waals surface area contributed by atoms with Gasteiger partial charge in [-0.05, 0) is 51.7 Å². The first-order chi connectivity index (χ1) is 12.1. The summed E-state index contributed by atoms with van der Waals surface area (Å²) >= 11 is 3.27. The third kappa shape index (κ3) is 4.33. The van der Waals surface area contributed by atoms with Gasteiger partial charge in [0.2, 0.25) is 5.91 Å². The van der Waals surface area contributed by atoms with Crippen LogP contribution in [0.2, 0.25) is 0 Å². The molecule has 1 atom stereocenters. The summed E-state index contributed by atoms with van der Waals surface area (Å²) in [6.45, 7) is 8.36. The number of aryl methyl sites for hydroxylation is 3. The highest BCUT2D eigenvalue weighted by molar-refractivity contribution is 8.00. The smallest absolute Gasteiger partial charge is 0.242 e. The number of thiazole rings is 1. The van der Waals surface area contributed by atoms with Crippen molar-refractivity contribution in [2.24, 2.45) is 0 Å². The van der Waals surface area contributed by atoms with Crippen molar-refractivity contribution in [2.75, 3.05) is 11.4 Å². The summed E-state index contributed by atoms with van der Waals surface area (Å²) in [5, 5.41) is 0.664. The van der Waals surface area contributed by atoms with E-state index in [9.17, 15) is 4.79 Å². The fourth-order valence-corrected chi connectivity index (χ4v) is 5.03. The molecule has 1 aromatic heterocycles. The predicted octanol–water partition coefficient (Wildman–Crippen LogP) is 5.03. The van der Waals surface area contributed by atoms with Gasteiger partial charge >= 0.3 is 0 Å². The number of carbonyl (C=O) groups excluding carboxylic acids is 1. The average Bonchev–Trinajstić information content (AvgIpc) is 3.04. The molecule has 0 saturated carbocycles. The molecule has 0 spiro atoms. The Morgan fingerprint density at radius 3 is 2.76 bits per heavy atom. The normalized spacial score (nSPS) is 14.6. The summed E-state index contributed by atoms with van der Waals surface area (Å²) in [5.74, 6) is 0.0940. The molecule has 0 bridgehead atoms. The summed E-state index contributed by atoms with van der Waals surface area (Å²) in [6, 6.07) is 8.30. The third-order valence-electron chi connectivity index (χ3n) is 4.32. The van der Waals surface area contributed by atoms with Crippen molar-refractivity contribution in [3.63, 3.8) is 0 Å². The van der Waals surface area contributed by atoms with Crippen molar-refractivity contribution in [2.45, 2.75) is 49.7 Å². The van der Waals surface area contributed by atoms with Gasteiger partial charge in [-0.2, -0.15) is 0 Å². The minimum absolute atomic E-state index is 0.0940. The van der Waals surface area contributed by atoms with Crippen LogP contribution in [0, 0.1) is 6.92 Å². The lowest BCUT2D eigenvalue weighted by atomic mass is 10.0. The molecule has 0 N–H and O–H groups in total. The number of benzene rings is 1. The molecule has 1 amide bonds. The largest absolute Gasteiger partial charge is 0.283 e. The van der Waals surface area contributed by atoms with E-state index < -0.39 is 0 Å². The van der Waals surface area contributed by atoms with Gasteiger partial charge in [-0.25, -0.2) is 4.98 Å². The molecule has 1 heterocycles. The van der Waals surface area contributed by atoms with Crippen LogP contribution in [0.1, 0.15) is 35.9 Å². The van der Waals surface area contributed by atoms with E-state index in [4.69, 9.17) is 4.98 Å². The van der Waals surface area contributed by atoms with Crippen LogP contribution in [-0.2, 0) is 17.6 Å². The SMILES string of the molecule is C=CCN(C(=O)C(C)Sc1ccc(C)cc1)c1nc2c(s1)CCCC2. The Kier molecular flexibility index (Phi) is 5.97. The van der Waals surface area contributed by atoms with E-state index in [1.807, 2.05) is 6.92 Å². The molecule has 3 nitrogen and oxygen atoms in total. The lowest BCUT2D eigenvalue weighted by molar-refractivity contribution is -0.117. The zero-order chi connectivity index (χ0) is 17.8. The van der Waals surface area contributed by atoms with Gasteiger partial charge in [0.25, 0.3) is 0 Å². The van der Waals surface area contributed by atoms with Crippen molar-refractivity contribution < 1.29 is 4.79 Å². The topological polar surface area (TPSA) is 33.2 Å². The van der Waals surface area contributed by atoms with E-state index in [1.165, 1.54) is 29.0 Å². The molecule has 0 radical (unpaired) electrons. The van der Waals surface area contributed by atoms with E-state index in [2.05, 4.69) is 37.8 Å². The Labute approximate surface area is 158 Å². The Hall–Kier alpha value is -1.59. The van der Waals surface area contributed by atoms with Crippen LogP contribution in [0.5, 0.6) is 0 Å². The standard InChI is InChI=1S/C20H24N2OS2/c1-4-13-22(20-21-17-7-5-6-8-18(17)25-20)19(23)15(3)24-16-11-9-14(2)10-12-16/h4,9-12,15H,1,5-8,13H2,2-3H3. The van der Waals surface area contributed by atoms with E-state index in [-0.39, 0.29) is 11.2 Å². The molecule has 0 aliphatic heterocycles. The van der Waals surface area contributed by atoms with Gasteiger partial charge < -0.3 is 0 Å². The predicted molar refractivity (Wildman–Crippen MR) is 108 cm³/mol. The van der Waals surface area contributed by atoms with Crippen molar-refractivity contribution >= 4 is 34.1 Å². The van der Waals surface area contributed by atoms with Crippen molar-refractivity contribution in [1.82, 2.24) is 4.98 Å². The number of anilines is 1. The lowest BCUT2D eigenvalue weighted by Gasteiger charge is -2.22. The highest BCUT2D eigenvalue weighted by Gasteiger charge is 2.26. The summed E-state index contributed by atoms with van der Waals surface area (Å²) < 4.78 is 0. The van der Waals surface area contributed by atoms with Gasteiger partial charge in [0.05, 0.1) is 10.9 Å². The minimum Gasteiger partial charge on any atom is -0.283 e. The Balaban J connectivity index is 1.76. The molecule has 1 unspecified atom stereocenters. The molecule has 1 aliphatic carbocycles. The van der Waals surface area contributed by atoms with Crippen molar-refractivity contribution in [3.05, 3.63) is 53.1 Å².